The number of non-ortho nitro benzene ring substituents is 1. The molecule has 7 nitrogen and oxygen atoms in total. The molecule has 0 radical (unpaired) electrons. The summed E-state index contributed by atoms with van der Waals surface area (Å²) in [5.74, 6) is -0.668. The first-order valence-electron chi connectivity index (χ1n) is 8.19. The second-order valence-corrected chi connectivity index (χ2v) is 5.86. The van der Waals surface area contributed by atoms with E-state index < -0.39 is 10.7 Å². The van der Waals surface area contributed by atoms with E-state index in [0.29, 0.717) is 26.2 Å². The molecule has 1 aliphatic rings. The first kappa shape index (κ1) is 17.7. The minimum Gasteiger partial charge on any atom is -0.481 e. The summed E-state index contributed by atoms with van der Waals surface area (Å²) in [6.45, 7) is 1.85. The lowest BCUT2D eigenvalue weighted by Crippen LogP contribution is -2.50. The highest BCUT2D eigenvalue weighted by atomic mass is 19.1. The summed E-state index contributed by atoms with van der Waals surface area (Å²) in [6, 6.07) is 12.4. The average Bonchev–Trinajstić information content (AvgIpc) is 2.67. The lowest BCUT2D eigenvalue weighted by atomic mass is 10.2. The van der Waals surface area contributed by atoms with E-state index in [0.717, 1.165) is 5.69 Å². The van der Waals surface area contributed by atoms with Crippen LogP contribution in [0, 0.1) is 15.9 Å². The van der Waals surface area contributed by atoms with Crippen molar-refractivity contribution in [2.45, 2.75) is 0 Å². The first-order valence-corrected chi connectivity index (χ1v) is 8.19. The lowest BCUT2D eigenvalue weighted by Gasteiger charge is -2.36. The van der Waals surface area contributed by atoms with Gasteiger partial charge in [-0.2, -0.15) is 0 Å². The highest BCUT2D eigenvalue weighted by molar-refractivity contribution is 5.78. The molecule has 0 N–H and O–H groups in total. The summed E-state index contributed by atoms with van der Waals surface area (Å²) in [6.07, 6.45) is 0. The summed E-state index contributed by atoms with van der Waals surface area (Å²) in [4.78, 5) is 26.3. The van der Waals surface area contributed by atoms with Crippen LogP contribution < -0.4 is 9.64 Å². The van der Waals surface area contributed by atoms with E-state index in [1.54, 1.807) is 23.1 Å². The number of amides is 1. The molecule has 1 saturated heterocycles. The third-order valence-electron chi connectivity index (χ3n) is 4.23. The second kappa shape index (κ2) is 7.81. The number of nitro benzene ring substituents is 1. The van der Waals surface area contributed by atoms with E-state index in [9.17, 15) is 19.3 Å². The van der Waals surface area contributed by atoms with Gasteiger partial charge in [-0.15, -0.1) is 0 Å². The van der Waals surface area contributed by atoms with Gasteiger partial charge < -0.3 is 14.5 Å². The molecule has 26 heavy (non-hydrogen) atoms. The number of carbonyl (C=O) groups excluding carboxylic acids is 1. The quantitative estimate of drug-likeness (QED) is 0.605. The van der Waals surface area contributed by atoms with Crippen LogP contribution in [0.2, 0.25) is 0 Å². The monoisotopic (exact) mass is 359 g/mol. The Bertz CT molecular complexity index is 807. The Morgan fingerprint density at radius 3 is 2.54 bits per heavy atom. The number of nitro groups is 1. The molecule has 2 aromatic rings. The van der Waals surface area contributed by atoms with Gasteiger partial charge in [-0.25, -0.2) is 4.39 Å². The van der Waals surface area contributed by atoms with Gasteiger partial charge in [-0.05, 0) is 18.2 Å². The molecule has 2 aromatic carbocycles. The molecule has 1 fully saturated rings. The third kappa shape index (κ3) is 4.08. The summed E-state index contributed by atoms with van der Waals surface area (Å²) in [5, 5.41) is 10.9. The maximum atomic E-state index is 13.5. The number of rotatable bonds is 5. The average molecular weight is 359 g/mol. The van der Waals surface area contributed by atoms with E-state index in [-0.39, 0.29) is 24.0 Å². The van der Waals surface area contributed by atoms with Gasteiger partial charge in [0, 0.05) is 44.0 Å². The number of benzene rings is 2. The van der Waals surface area contributed by atoms with Crippen molar-refractivity contribution in [2.24, 2.45) is 0 Å². The molecule has 1 aliphatic heterocycles. The number of hydrogen-bond acceptors (Lipinski definition) is 5. The number of halogens is 1. The standard InChI is InChI=1S/C18H18FN3O4/c19-16-6-1-2-7-17(16)26-13-18(23)21-10-8-20(9-11-21)14-4-3-5-15(12-14)22(24)25/h1-7,12H,8-11,13H2. The van der Waals surface area contributed by atoms with E-state index in [1.165, 1.54) is 24.3 Å². The predicted molar refractivity (Wildman–Crippen MR) is 93.8 cm³/mol. The van der Waals surface area contributed by atoms with Crippen molar-refractivity contribution >= 4 is 17.3 Å². The maximum absolute atomic E-state index is 13.5. The van der Waals surface area contributed by atoms with Gasteiger partial charge in [0.1, 0.15) is 0 Å². The first-order chi connectivity index (χ1) is 12.5. The third-order valence-corrected chi connectivity index (χ3v) is 4.23. The van der Waals surface area contributed by atoms with Gasteiger partial charge in [-0.1, -0.05) is 18.2 Å². The fraction of sp³-hybridized carbons (Fsp3) is 0.278. The molecule has 0 atom stereocenters. The Kier molecular flexibility index (Phi) is 5.31. The fourth-order valence-electron chi connectivity index (χ4n) is 2.81. The summed E-state index contributed by atoms with van der Waals surface area (Å²) in [5.41, 5.74) is 0.799. The number of para-hydroxylation sites is 1. The molecular formula is C18H18FN3O4. The minimum atomic E-state index is -0.504. The lowest BCUT2D eigenvalue weighted by molar-refractivity contribution is -0.384. The van der Waals surface area contributed by atoms with E-state index in [4.69, 9.17) is 4.74 Å². The van der Waals surface area contributed by atoms with Crippen molar-refractivity contribution in [2.75, 3.05) is 37.7 Å². The van der Waals surface area contributed by atoms with Crippen molar-refractivity contribution in [1.29, 1.82) is 0 Å². The number of hydrogen-bond donors (Lipinski definition) is 0. The van der Waals surface area contributed by atoms with Crippen LogP contribution in [0.5, 0.6) is 5.75 Å². The number of piperazine rings is 1. The molecular weight excluding hydrogens is 341 g/mol. The highest BCUT2D eigenvalue weighted by Crippen LogP contribution is 2.22. The highest BCUT2D eigenvalue weighted by Gasteiger charge is 2.22. The van der Waals surface area contributed by atoms with Gasteiger partial charge in [0.2, 0.25) is 0 Å². The molecule has 0 spiro atoms. The summed E-state index contributed by atoms with van der Waals surface area (Å²) in [7, 11) is 0. The molecule has 8 heteroatoms. The molecule has 0 saturated carbocycles. The van der Waals surface area contributed by atoms with Gasteiger partial charge in [-0.3, -0.25) is 14.9 Å². The van der Waals surface area contributed by atoms with Crippen molar-refractivity contribution in [3.8, 4) is 5.75 Å². The summed E-state index contributed by atoms with van der Waals surface area (Å²) < 4.78 is 18.8. The minimum absolute atomic E-state index is 0.0410. The zero-order valence-corrected chi connectivity index (χ0v) is 14.0. The largest absolute Gasteiger partial charge is 0.481 e. The van der Waals surface area contributed by atoms with Crippen molar-refractivity contribution in [3.63, 3.8) is 0 Å². The molecule has 0 unspecified atom stereocenters. The Balaban J connectivity index is 1.53. The van der Waals surface area contributed by atoms with Gasteiger partial charge in [0.05, 0.1) is 4.92 Å². The summed E-state index contributed by atoms with van der Waals surface area (Å²) >= 11 is 0. The van der Waals surface area contributed by atoms with Gasteiger partial charge in [0.25, 0.3) is 11.6 Å². The molecule has 1 amide bonds. The van der Waals surface area contributed by atoms with E-state index in [1.807, 2.05) is 11.0 Å². The fourth-order valence-corrected chi connectivity index (χ4v) is 2.81. The Labute approximate surface area is 149 Å². The van der Waals surface area contributed by atoms with Crippen LogP contribution in [0.4, 0.5) is 15.8 Å². The second-order valence-electron chi connectivity index (χ2n) is 5.86. The van der Waals surface area contributed by atoms with Crippen LogP contribution in [0.1, 0.15) is 0 Å². The van der Waals surface area contributed by atoms with Crippen LogP contribution in [0.3, 0.4) is 0 Å². The predicted octanol–water partition coefficient (Wildman–Crippen LogP) is 2.46. The molecule has 136 valence electrons. The van der Waals surface area contributed by atoms with Gasteiger partial charge in [0.15, 0.2) is 18.2 Å². The van der Waals surface area contributed by atoms with Crippen molar-refractivity contribution in [1.82, 2.24) is 4.90 Å². The maximum Gasteiger partial charge on any atom is 0.271 e. The Hall–Kier alpha value is -3.16. The molecule has 1 heterocycles. The molecule has 0 aliphatic carbocycles. The van der Waals surface area contributed by atoms with E-state index in [2.05, 4.69) is 0 Å². The van der Waals surface area contributed by atoms with Crippen LogP contribution >= 0.6 is 0 Å². The zero-order chi connectivity index (χ0) is 18.5. The Morgan fingerprint density at radius 2 is 1.85 bits per heavy atom. The van der Waals surface area contributed by atoms with Crippen molar-refractivity contribution in [3.05, 3.63) is 64.5 Å². The number of ether oxygens (including phenoxy) is 1. The van der Waals surface area contributed by atoms with Crippen LogP contribution in [0.25, 0.3) is 0 Å². The Morgan fingerprint density at radius 1 is 1.12 bits per heavy atom. The van der Waals surface area contributed by atoms with Crippen LogP contribution in [0.15, 0.2) is 48.5 Å². The van der Waals surface area contributed by atoms with Crippen LogP contribution in [-0.2, 0) is 4.79 Å². The SMILES string of the molecule is O=C(COc1ccccc1F)N1CCN(c2cccc([N+](=O)[O-])c2)CC1. The van der Waals surface area contributed by atoms with E-state index >= 15 is 0 Å². The number of nitrogens with zero attached hydrogens (tertiary/aromatic N) is 3. The normalized spacial score (nSPS) is 14.2. The zero-order valence-electron chi connectivity index (χ0n) is 14.0. The molecule has 0 aromatic heterocycles. The smallest absolute Gasteiger partial charge is 0.271 e. The van der Waals surface area contributed by atoms with Crippen molar-refractivity contribution < 1.29 is 18.8 Å². The number of carbonyl (C=O) groups is 1. The number of anilines is 1. The molecule has 0 bridgehead atoms. The topological polar surface area (TPSA) is 75.9 Å². The van der Waals surface area contributed by atoms with Gasteiger partial charge >= 0.3 is 0 Å². The van der Waals surface area contributed by atoms with Crippen LogP contribution in [-0.4, -0.2) is 48.5 Å². The molecule has 3 rings (SSSR count).